The summed E-state index contributed by atoms with van der Waals surface area (Å²) in [6, 6.07) is 3.33. The largest absolute Gasteiger partial charge is 0.351 e. The fourth-order valence-corrected chi connectivity index (χ4v) is 2.68. The van der Waals surface area contributed by atoms with Crippen molar-refractivity contribution in [2.75, 3.05) is 25.9 Å². The van der Waals surface area contributed by atoms with Crippen LogP contribution in [-0.4, -0.2) is 49.5 Å². The van der Waals surface area contributed by atoms with Gasteiger partial charge < -0.3 is 5.32 Å². The lowest BCUT2D eigenvalue weighted by Gasteiger charge is -2.21. The van der Waals surface area contributed by atoms with Crippen LogP contribution in [0.1, 0.15) is 24.2 Å². The average molecular weight is 299 g/mol. The average Bonchev–Trinajstić information content (AvgIpc) is 2.37. The summed E-state index contributed by atoms with van der Waals surface area (Å²) in [6.45, 7) is 4.89. The molecule has 0 saturated heterocycles. The number of pyridine rings is 1. The number of carbonyl (C=O) groups is 1. The third-order valence-electron chi connectivity index (χ3n) is 2.61. The molecule has 0 spiro atoms. The first kappa shape index (κ1) is 16.6. The van der Waals surface area contributed by atoms with Gasteiger partial charge in [-0.05, 0) is 18.1 Å². The predicted molar refractivity (Wildman–Crippen MR) is 77.8 cm³/mol. The quantitative estimate of drug-likeness (QED) is 0.805. The summed E-state index contributed by atoms with van der Waals surface area (Å²) in [5.74, 6) is -0.0187. The maximum absolute atomic E-state index is 11.8. The van der Waals surface area contributed by atoms with Crippen LogP contribution in [0.3, 0.4) is 0 Å². The summed E-state index contributed by atoms with van der Waals surface area (Å²) in [4.78, 5) is 15.6. The molecule has 1 amide bonds. The molecule has 1 rings (SSSR count). The lowest BCUT2D eigenvalue weighted by Crippen LogP contribution is -2.39. The number of rotatable bonds is 7. The van der Waals surface area contributed by atoms with Crippen molar-refractivity contribution < 1.29 is 13.2 Å². The van der Waals surface area contributed by atoms with E-state index < -0.39 is 10.0 Å². The SMILES string of the molecule is CC(C)CN(CCNC(=O)c1cccnc1)S(C)(=O)=O. The van der Waals surface area contributed by atoms with Crippen molar-refractivity contribution in [1.82, 2.24) is 14.6 Å². The molecule has 6 nitrogen and oxygen atoms in total. The van der Waals surface area contributed by atoms with E-state index in [0.717, 1.165) is 0 Å². The molecule has 112 valence electrons. The third-order valence-corrected chi connectivity index (χ3v) is 3.88. The molecule has 0 saturated carbocycles. The molecule has 0 radical (unpaired) electrons. The molecule has 20 heavy (non-hydrogen) atoms. The van der Waals surface area contributed by atoms with Gasteiger partial charge in [0, 0.05) is 32.0 Å². The van der Waals surface area contributed by atoms with Crippen LogP contribution >= 0.6 is 0 Å². The van der Waals surface area contributed by atoms with E-state index in [2.05, 4.69) is 10.3 Å². The molecular weight excluding hydrogens is 278 g/mol. The number of amides is 1. The topological polar surface area (TPSA) is 79.4 Å². The van der Waals surface area contributed by atoms with E-state index in [1.807, 2.05) is 13.8 Å². The Bertz CT molecular complexity index is 529. The molecule has 0 aliphatic rings. The Morgan fingerprint density at radius 1 is 1.45 bits per heavy atom. The minimum atomic E-state index is -3.25. The molecular formula is C13H21N3O3S. The summed E-state index contributed by atoms with van der Waals surface area (Å²) in [5, 5.41) is 2.69. The zero-order valence-corrected chi connectivity index (χ0v) is 12.9. The molecule has 7 heteroatoms. The second-order valence-electron chi connectivity index (χ2n) is 5.01. The van der Waals surface area contributed by atoms with E-state index in [4.69, 9.17) is 0 Å². The van der Waals surface area contributed by atoms with Crippen LogP contribution in [0.4, 0.5) is 0 Å². The van der Waals surface area contributed by atoms with Gasteiger partial charge >= 0.3 is 0 Å². The zero-order chi connectivity index (χ0) is 15.2. The van der Waals surface area contributed by atoms with Crippen LogP contribution in [0.15, 0.2) is 24.5 Å². The fraction of sp³-hybridized carbons (Fsp3) is 0.538. The zero-order valence-electron chi connectivity index (χ0n) is 12.0. The van der Waals surface area contributed by atoms with E-state index in [0.29, 0.717) is 12.1 Å². The highest BCUT2D eigenvalue weighted by Crippen LogP contribution is 2.03. The van der Waals surface area contributed by atoms with Crippen LogP contribution in [0.2, 0.25) is 0 Å². The monoisotopic (exact) mass is 299 g/mol. The molecule has 1 N–H and O–H groups in total. The van der Waals surface area contributed by atoms with Crippen molar-refractivity contribution in [2.45, 2.75) is 13.8 Å². The van der Waals surface area contributed by atoms with E-state index in [-0.39, 0.29) is 24.9 Å². The Kier molecular flexibility index (Phi) is 6.09. The van der Waals surface area contributed by atoms with Gasteiger partial charge in [0.25, 0.3) is 5.91 Å². The van der Waals surface area contributed by atoms with E-state index in [9.17, 15) is 13.2 Å². The summed E-state index contributed by atoms with van der Waals surface area (Å²) in [7, 11) is -3.25. The van der Waals surface area contributed by atoms with Gasteiger partial charge in [0.05, 0.1) is 11.8 Å². The molecule has 0 unspecified atom stereocenters. The van der Waals surface area contributed by atoms with Gasteiger partial charge in [-0.2, -0.15) is 0 Å². The van der Waals surface area contributed by atoms with Crippen molar-refractivity contribution in [3.05, 3.63) is 30.1 Å². The number of nitrogens with zero attached hydrogens (tertiary/aromatic N) is 2. The number of hydrogen-bond donors (Lipinski definition) is 1. The number of nitrogens with one attached hydrogen (secondary N) is 1. The molecule has 0 aromatic carbocycles. The number of carbonyl (C=O) groups excluding carboxylic acids is 1. The molecule has 0 aliphatic heterocycles. The minimum absolute atomic E-state index is 0.235. The number of hydrogen-bond acceptors (Lipinski definition) is 4. The lowest BCUT2D eigenvalue weighted by atomic mass is 10.2. The number of sulfonamides is 1. The van der Waals surface area contributed by atoms with Crippen molar-refractivity contribution in [3.63, 3.8) is 0 Å². The molecule has 0 atom stereocenters. The minimum Gasteiger partial charge on any atom is -0.351 e. The van der Waals surface area contributed by atoms with Crippen LogP contribution in [0.5, 0.6) is 0 Å². The van der Waals surface area contributed by atoms with Gasteiger partial charge in [-0.15, -0.1) is 0 Å². The van der Waals surface area contributed by atoms with Crippen LogP contribution < -0.4 is 5.32 Å². The van der Waals surface area contributed by atoms with Gasteiger partial charge in [0.1, 0.15) is 0 Å². The number of aromatic nitrogens is 1. The highest BCUT2D eigenvalue weighted by Gasteiger charge is 2.17. The van der Waals surface area contributed by atoms with Gasteiger partial charge in [0.2, 0.25) is 10.0 Å². The van der Waals surface area contributed by atoms with Crippen molar-refractivity contribution in [2.24, 2.45) is 5.92 Å². The Hall–Kier alpha value is -1.47. The van der Waals surface area contributed by atoms with Crippen molar-refractivity contribution in [1.29, 1.82) is 0 Å². The summed E-state index contributed by atoms with van der Waals surface area (Å²) in [5.41, 5.74) is 0.460. The molecule has 1 aromatic rings. The maximum Gasteiger partial charge on any atom is 0.252 e. The first-order chi connectivity index (χ1) is 9.30. The van der Waals surface area contributed by atoms with Gasteiger partial charge in [-0.3, -0.25) is 9.78 Å². The normalized spacial score (nSPS) is 11.8. The summed E-state index contributed by atoms with van der Waals surface area (Å²) in [6.07, 6.45) is 4.24. The first-order valence-corrected chi connectivity index (χ1v) is 8.29. The van der Waals surface area contributed by atoms with Gasteiger partial charge in [0.15, 0.2) is 0 Å². The van der Waals surface area contributed by atoms with Crippen LogP contribution in [0, 0.1) is 5.92 Å². The second-order valence-corrected chi connectivity index (χ2v) is 6.99. The van der Waals surface area contributed by atoms with Gasteiger partial charge in [-0.25, -0.2) is 12.7 Å². The standard InChI is InChI=1S/C13H21N3O3S/c1-11(2)10-16(20(3,18)19)8-7-15-13(17)12-5-4-6-14-9-12/h4-6,9,11H,7-8,10H2,1-3H3,(H,15,17). The van der Waals surface area contributed by atoms with Crippen LogP contribution in [-0.2, 0) is 10.0 Å². The predicted octanol–water partition coefficient (Wildman–Crippen LogP) is 0.729. The smallest absolute Gasteiger partial charge is 0.252 e. The van der Waals surface area contributed by atoms with Gasteiger partial charge in [-0.1, -0.05) is 13.8 Å². The van der Waals surface area contributed by atoms with Crippen LogP contribution in [0.25, 0.3) is 0 Å². The fourth-order valence-electron chi connectivity index (χ4n) is 1.69. The molecule has 1 aromatic heterocycles. The highest BCUT2D eigenvalue weighted by atomic mass is 32.2. The maximum atomic E-state index is 11.8. The highest BCUT2D eigenvalue weighted by molar-refractivity contribution is 7.88. The van der Waals surface area contributed by atoms with Crippen molar-refractivity contribution in [3.8, 4) is 0 Å². The summed E-state index contributed by atoms with van der Waals surface area (Å²) >= 11 is 0. The Morgan fingerprint density at radius 3 is 2.65 bits per heavy atom. The Labute approximate surface area is 120 Å². The molecule has 1 heterocycles. The van der Waals surface area contributed by atoms with E-state index in [1.54, 1.807) is 18.3 Å². The lowest BCUT2D eigenvalue weighted by molar-refractivity contribution is 0.0951. The second kappa shape index (κ2) is 7.35. The Balaban J connectivity index is 2.51. The van der Waals surface area contributed by atoms with Crippen molar-refractivity contribution >= 4 is 15.9 Å². The molecule has 0 bridgehead atoms. The van der Waals surface area contributed by atoms with E-state index in [1.165, 1.54) is 16.8 Å². The Morgan fingerprint density at radius 2 is 2.15 bits per heavy atom. The third kappa shape index (κ3) is 5.66. The molecule has 0 fully saturated rings. The van der Waals surface area contributed by atoms with E-state index >= 15 is 0 Å². The first-order valence-electron chi connectivity index (χ1n) is 6.44. The molecule has 0 aliphatic carbocycles. The summed E-state index contributed by atoms with van der Waals surface area (Å²) < 4.78 is 24.6.